The van der Waals surface area contributed by atoms with Crippen LogP contribution in [0.5, 0.6) is 0 Å². The Morgan fingerprint density at radius 2 is 1.50 bits per heavy atom. The van der Waals surface area contributed by atoms with Crippen molar-refractivity contribution < 1.29 is 19.1 Å². The minimum atomic E-state index is -0.590. The summed E-state index contributed by atoms with van der Waals surface area (Å²) in [5.74, 6) is -1.32. The van der Waals surface area contributed by atoms with Crippen LogP contribution in [-0.4, -0.2) is 29.8 Å². The topological polar surface area (TPSA) is 64.6 Å². The van der Waals surface area contributed by atoms with Gasteiger partial charge < -0.3 is 9.47 Å². The lowest BCUT2D eigenvalue weighted by Gasteiger charge is -2.29. The maximum atomic E-state index is 11.5. The van der Waals surface area contributed by atoms with E-state index in [0.717, 1.165) is 0 Å². The van der Waals surface area contributed by atoms with Crippen LogP contribution >= 0.6 is 0 Å². The quantitative estimate of drug-likeness (QED) is 0.598. The van der Waals surface area contributed by atoms with Crippen molar-refractivity contribution in [2.45, 2.75) is 44.7 Å². The van der Waals surface area contributed by atoms with Crippen LogP contribution in [0.3, 0.4) is 0 Å². The van der Waals surface area contributed by atoms with E-state index in [4.69, 9.17) is 9.47 Å². The fourth-order valence-electron chi connectivity index (χ4n) is 3.02. The number of imide groups is 1. The molecule has 2 amide bonds. The van der Waals surface area contributed by atoms with Crippen LogP contribution in [0.25, 0.3) is 0 Å². The van der Waals surface area contributed by atoms with Gasteiger partial charge in [-0.2, -0.15) is 0 Å². The first-order valence-corrected chi connectivity index (χ1v) is 5.66. The first kappa shape index (κ1) is 10.2. The van der Waals surface area contributed by atoms with Crippen molar-refractivity contribution in [3.63, 3.8) is 0 Å². The van der Waals surface area contributed by atoms with Crippen molar-refractivity contribution in [3.05, 3.63) is 0 Å². The van der Waals surface area contributed by atoms with Gasteiger partial charge in [0.1, 0.15) is 0 Å². The number of rotatable bonds is 0. The second kappa shape index (κ2) is 3.05. The molecule has 2 aliphatic heterocycles. The molecule has 3 fully saturated rings. The number of amides is 2. The summed E-state index contributed by atoms with van der Waals surface area (Å²) in [5, 5.41) is 2.38. The summed E-state index contributed by atoms with van der Waals surface area (Å²) < 4.78 is 11.5. The molecule has 0 aromatic carbocycles. The largest absolute Gasteiger partial charge is 0.345 e. The molecule has 2 heterocycles. The Balaban J connectivity index is 1.83. The molecule has 0 spiro atoms. The predicted molar refractivity (Wildman–Crippen MR) is 53.2 cm³/mol. The van der Waals surface area contributed by atoms with Gasteiger partial charge in [-0.05, 0) is 26.7 Å². The fourth-order valence-corrected chi connectivity index (χ4v) is 3.02. The number of nitrogens with one attached hydrogen (secondary N) is 1. The van der Waals surface area contributed by atoms with Crippen LogP contribution in [-0.2, 0) is 19.1 Å². The summed E-state index contributed by atoms with van der Waals surface area (Å²) in [6, 6.07) is 0. The van der Waals surface area contributed by atoms with Crippen LogP contribution in [0.4, 0.5) is 0 Å². The number of carbonyl (C=O) groups excluding carboxylic acids is 2. The molecule has 88 valence electrons. The number of carbonyl (C=O) groups is 2. The van der Waals surface area contributed by atoms with Crippen molar-refractivity contribution in [1.29, 1.82) is 0 Å². The highest BCUT2D eigenvalue weighted by molar-refractivity contribution is 6.05. The molecule has 0 aromatic rings. The van der Waals surface area contributed by atoms with Crippen molar-refractivity contribution in [3.8, 4) is 0 Å². The van der Waals surface area contributed by atoms with E-state index in [9.17, 15) is 9.59 Å². The highest BCUT2D eigenvalue weighted by Gasteiger charge is 2.54. The molecule has 0 bridgehead atoms. The smallest absolute Gasteiger partial charge is 0.230 e. The van der Waals surface area contributed by atoms with Crippen LogP contribution in [0.2, 0.25) is 0 Å². The molecule has 1 aliphatic carbocycles. The average molecular weight is 225 g/mol. The van der Waals surface area contributed by atoms with E-state index in [-0.39, 0.29) is 35.9 Å². The number of fused-ring (bicyclic) bond motifs is 2. The van der Waals surface area contributed by atoms with Crippen molar-refractivity contribution in [1.82, 2.24) is 5.32 Å². The van der Waals surface area contributed by atoms with Crippen molar-refractivity contribution in [2.75, 3.05) is 0 Å². The van der Waals surface area contributed by atoms with Crippen LogP contribution in [0, 0.1) is 11.8 Å². The second-order valence-corrected chi connectivity index (χ2v) is 5.25. The van der Waals surface area contributed by atoms with Gasteiger partial charge in [-0.3, -0.25) is 14.9 Å². The summed E-state index contributed by atoms with van der Waals surface area (Å²) in [4.78, 5) is 23.1. The lowest BCUT2D eigenvalue weighted by molar-refractivity contribution is -0.147. The van der Waals surface area contributed by atoms with Gasteiger partial charge in [-0.15, -0.1) is 0 Å². The Labute approximate surface area is 93.5 Å². The van der Waals surface area contributed by atoms with Gasteiger partial charge in [0.05, 0.1) is 24.0 Å². The SMILES string of the molecule is CC1(C)OC2CC3C(=O)NC(=O)C3CC2O1. The van der Waals surface area contributed by atoms with E-state index in [1.807, 2.05) is 13.8 Å². The molecule has 0 aromatic heterocycles. The fraction of sp³-hybridized carbons (Fsp3) is 0.818. The molecular weight excluding hydrogens is 210 g/mol. The standard InChI is InChI=1S/C11H15NO4/c1-11(2)15-7-3-5-6(4-8(7)16-11)10(14)12-9(5)13/h5-8H,3-4H2,1-2H3,(H,12,13,14). The van der Waals surface area contributed by atoms with E-state index in [2.05, 4.69) is 5.32 Å². The van der Waals surface area contributed by atoms with Crippen LogP contribution in [0.15, 0.2) is 0 Å². The molecule has 1 N–H and O–H groups in total. The highest BCUT2D eigenvalue weighted by atomic mass is 16.7. The summed E-state index contributed by atoms with van der Waals surface area (Å²) in [6.07, 6.45) is 1.09. The van der Waals surface area contributed by atoms with Crippen molar-refractivity contribution >= 4 is 11.8 Å². The number of hydrogen-bond acceptors (Lipinski definition) is 4. The molecule has 4 unspecified atom stereocenters. The molecule has 5 nitrogen and oxygen atoms in total. The minimum Gasteiger partial charge on any atom is -0.345 e. The van der Waals surface area contributed by atoms with Gasteiger partial charge in [-0.1, -0.05) is 0 Å². The van der Waals surface area contributed by atoms with E-state index in [1.165, 1.54) is 0 Å². The average Bonchev–Trinajstić information content (AvgIpc) is 2.60. The Morgan fingerprint density at radius 1 is 1.06 bits per heavy atom. The molecule has 4 atom stereocenters. The Hall–Kier alpha value is -0.940. The summed E-state index contributed by atoms with van der Waals surface area (Å²) in [5.41, 5.74) is 0. The zero-order chi connectivity index (χ0) is 11.5. The zero-order valence-electron chi connectivity index (χ0n) is 9.36. The first-order valence-electron chi connectivity index (χ1n) is 5.66. The third-order valence-electron chi connectivity index (χ3n) is 3.66. The molecular formula is C11H15NO4. The van der Waals surface area contributed by atoms with Gasteiger partial charge in [0.25, 0.3) is 0 Å². The summed E-state index contributed by atoms with van der Waals surface area (Å²) in [6.45, 7) is 3.73. The zero-order valence-corrected chi connectivity index (χ0v) is 9.36. The molecule has 2 saturated heterocycles. The van der Waals surface area contributed by atoms with Gasteiger partial charge >= 0.3 is 0 Å². The third kappa shape index (κ3) is 1.38. The minimum absolute atomic E-state index is 0.0482. The maximum Gasteiger partial charge on any atom is 0.230 e. The van der Waals surface area contributed by atoms with Gasteiger partial charge in [-0.25, -0.2) is 0 Å². The lowest BCUT2D eigenvalue weighted by atomic mass is 9.78. The van der Waals surface area contributed by atoms with Gasteiger partial charge in [0, 0.05) is 0 Å². The first-order chi connectivity index (χ1) is 7.46. The lowest BCUT2D eigenvalue weighted by Crippen LogP contribution is -2.38. The van der Waals surface area contributed by atoms with E-state index in [1.54, 1.807) is 0 Å². The van der Waals surface area contributed by atoms with Crippen LogP contribution < -0.4 is 5.32 Å². The predicted octanol–water partition coefficient (Wildman–Crippen LogP) is 0.189. The highest BCUT2D eigenvalue weighted by Crippen LogP contribution is 2.43. The second-order valence-electron chi connectivity index (χ2n) is 5.25. The van der Waals surface area contributed by atoms with E-state index >= 15 is 0 Å². The Kier molecular flexibility index (Phi) is 1.95. The van der Waals surface area contributed by atoms with E-state index < -0.39 is 5.79 Å². The maximum absolute atomic E-state index is 11.5. The van der Waals surface area contributed by atoms with Crippen LogP contribution in [0.1, 0.15) is 26.7 Å². The van der Waals surface area contributed by atoms with E-state index in [0.29, 0.717) is 12.8 Å². The summed E-state index contributed by atoms with van der Waals surface area (Å²) in [7, 11) is 0. The molecule has 5 heteroatoms. The Bertz CT molecular complexity index is 333. The molecule has 16 heavy (non-hydrogen) atoms. The number of ether oxygens (including phenoxy) is 2. The monoisotopic (exact) mass is 225 g/mol. The third-order valence-corrected chi connectivity index (χ3v) is 3.66. The molecule has 1 saturated carbocycles. The normalized spacial score (nSPS) is 45.1. The molecule has 3 aliphatic rings. The van der Waals surface area contributed by atoms with Gasteiger partial charge in [0.2, 0.25) is 11.8 Å². The molecule has 0 radical (unpaired) electrons. The van der Waals surface area contributed by atoms with Crippen molar-refractivity contribution in [2.24, 2.45) is 11.8 Å². The summed E-state index contributed by atoms with van der Waals surface area (Å²) >= 11 is 0. The van der Waals surface area contributed by atoms with Gasteiger partial charge in [0.15, 0.2) is 5.79 Å². The molecule has 3 rings (SSSR count). The number of hydrogen-bond donors (Lipinski definition) is 1. The Morgan fingerprint density at radius 3 is 1.94 bits per heavy atom.